The Balaban J connectivity index is 2.79. The van der Waals surface area contributed by atoms with Gasteiger partial charge in [0.25, 0.3) is 0 Å². The molecule has 1 aromatic rings. The summed E-state index contributed by atoms with van der Waals surface area (Å²) in [5.41, 5.74) is 2.45. The first-order valence-electron chi connectivity index (χ1n) is 5.81. The van der Waals surface area contributed by atoms with Crippen LogP contribution in [0.5, 0.6) is 0 Å². The summed E-state index contributed by atoms with van der Waals surface area (Å²) in [5.74, 6) is 0.575. The highest BCUT2D eigenvalue weighted by Crippen LogP contribution is 2.20. The summed E-state index contributed by atoms with van der Waals surface area (Å²) >= 11 is 0. The molecule has 0 amide bonds. The molecule has 0 radical (unpaired) electrons. The Morgan fingerprint density at radius 3 is 2.67 bits per heavy atom. The molecular weight excluding hydrogens is 184 g/mol. The molecule has 0 aliphatic rings. The molecule has 0 spiro atoms. The zero-order valence-electron chi connectivity index (χ0n) is 10.2. The fourth-order valence-electron chi connectivity index (χ4n) is 1.71. The molecule has 1 unspecified atom stereocenters. The van der Waals surface area contributed by atoms with Crippen LogP contribution in [0.25, 0.3) is 0 Å². The van der Waals surface area contributed by atoms with E-state index in [0.29, 0.717) is 12.0 Å². The fourth-order valence-corrected chi connectivity index (χ4v) is 1.71. The van der Waals surface area contributed by atoms with Gasteiger partial charge in [0.1, 0.15) is 0 Å². The monoisotopic (exact) mass is 206 g/mol. The summed E-state index contributed by atoms with van der Waals surface area (Å²) < 4.78 is 0. The van der Waals surface area contributed by atoms with Crippen LogP contribution in [0.1, 0.15) is 44.5 Å². The summed E-state index contributed by atoms with van der Waals surface area (Å²) in [6.45, 7) is 9.82. The van der Waals surface area contributed by atoms with Crippen molar-refractivity contribution in [3.63, 3.8) is 0 Å². The van der Waals surface area contributed by atoms with Crippen LogP contribution in [0.3, 0.4) is 0 Å². The second-order valence-electron chi connectivity index (χ2n) is 4.43. The molecule has 1 atom stereocenters. The van der Waals surface area contributed by atoms with Crippen molar-refractivity contribution >= 4 is 0 Å². The molecule has 1 heterocycles. The van der Waals surface area contributed by atoms with Crippen molar-refractivity contribution in [1.82, 2.24) is 10.3 Å². The first kappa shape index (κ1) is 12.2. The maximum atomic E-state index is 4.45. The third-order valence-corrected chi connectivity index (χ3v) is 2.54. The van der Waals surface area contributed by atoms with Crippen molar-refractivity contribution < 1.29 is 0 Å². The Morgan fingerprint density at radius 1 is 1.40 bits per heavy atom. The van der Waals surface area contributed by atoms with Gasteiger partial charge in [-0.05, 0) is 43.5 Å². The number of pyridine rings is 1. The zero-order chi connectivity index (χ0) is 11.3. The molecule has 0 aliphatic carbocycles. The van der Waals surface area contributed by atoms with Gasteiger partial charge >= 0.3 is 0 Å². The second kappa shape index (κ2) is 5.86. The van der Waals surface area contributed by atoms with Crippen LogP contribution in [0, 0.1) is 12.8 Å². The predicted octanol–water partition coefficient (Wildman–Crippen LogP) is 3.09. The lowest BCUT2D eigenvalue weighted by atomic mass is 9.99. The third kappa shape index (κ3) is 3.63. The average Bonchev–Trinajstić information content (AvgIpc) is 2.18. The van der Waals surface area contributed by atoms with Gasteiger partial charge in [-0.3, -0.25) is 4.98 Å². The quantitative estimate of drug-likeness (QED) is 0.800. The first-order valence-corrected chi connectivity index (χ1v) is 5.81. The Kier molecular flexibility index (Phi) is 4.76. The molecule has 1 N–H and O–H groups in total. The van der Waals surface area contributed by atoms with Crippen LogP contribution in [-0.2, 0) is 0 Å². The summed E-state index contributed by atoms with van der Waals surface area (Å²) in [5, 5.41) is 3.55. The lowest BCUT2D eigenvalue weighted by Gasteiger charge is -2.22. The van der Waals surface area contributed by atoms with Crippen LogP contribution < -0.4 is 5.32 Å². The van der Waals surface area contributed by atoms with Gasteiger partial charge in [0.15, 0.2) is 0 Å². The van der Waals surface area contributed by atoms with Gasteiger partial charge in [0.05, 0.1) is 11.7 Å². The van der Waals surface area contributed by atoms with Crippen LogP contribution in [0.2, 0.25) is 0 Å². The molecule has 0 aliphatic heterocycles. The number of hydrogen-bond acceptors (Lipinski definition) is 2. The summed E-state index contributed by atoms with van der Waals surface area (Å²) in [7, 11) is 0. The number of nitrogens with zero attached hydrogens (tertiary/aromatic N) is 1. The Labute approximate surface area is 93.1 Å². The van der Waals surface area contributed by atoms with Crippen molar-refractivity contribution in [1.29, 1.82) is 0 Å². The molecular formula is C13H22N2. The maximum Gasteiger partial charge on any atom is 0.0578 e. The van der Waals surface area contributed by atoms with E-state index in [9.17, 15) is 0 Å². The van der Waals surface area contributed by atoms with Gasteiger partial charge in [0, 0.05) is 6.20 Å². The minimum absolute atomic E-state index is 0.379. The van der Waals surface area contributed by atoms with Crippen molar-refractivity contribution in [2.45, 2.75) is 40.2 Å². The standard InChI is InChI=1S/C13H22N2/c1-5-7-15-13(10(2)3)12-9-11(4)6-8-14-12/h6,8-10,13,15H,5,7H2,1-4H3. The largest absolute Gasteiger partial charge is 0.308 e. The molecule has 0 aromatic carbocycles. The fraction of sp³-hybridized carbons (Fsp3) is 0.615. The van der Waals surface area contributed by atoms with Gasteiger partial charge in [-0.25, -0.2) is 0 Å². The average molecular weight is 206 g/mol. The first-order chi connectivity index (χ1) is 7.15. The number of aryl methyl sites for hydroxylation is 1. The smallest absolute Gasteiger partial charge is 0.0578 e. The van der Waals surface area contributed by atoms with E-state index in [2.05, 4.69) is 44.1 Å². The van der Waals surface area contributed by atoms with Crippen LogP contribution in [-0.4, -0.2) is 11.5 Å². The summed E-state index contributed by atoms with van der Waals surface area (Å²) in [6.07, 6.45) is 3.06. The van der Waals surface area contributed by atoms with Gasteiger partial charge in [-0.1, -0.05) is 20.8 Å². The van der Waals surface area contributed by atoms with Crippen molar-refractivity contribution in [2.24, 2.45) is 5.92 Å². The Hall–Kier alpha value is -0.890. The summed E-state index contributed by atoms with van der Waals surface area (Å²) in [4.78, 5) is 4.45. The van der Waals surface area contributed by atoms with E-state index >= 15 is 0 Å². The van der Waals surface area contributed by atoms with E-state index in [4.69, 9.17) is 0 Å². The van der Waals surface area contributed by atoms with Crippen LogP contribution >= 0.6 is 0 Å². The Morgan fingerprint density at radius 2 is 2.13 bits per heavy atom. The lowest BCUT2D eigenvalue weighted by Crippen LogP contribution is -2.27. The van der Waals surface area contributed by atoms with E-state index in [1.54, 1.807) is 0 Å². The van der Waals surface area contributed by atoms with E-state index in [-0.39, 0.29) is 0 Å². The molecule has 2 nitrogen and oxygen atoms in total. The van der Waals surface area contributed by atoms with Gasteiger partial charge in [-0.2, -0.15) is 0 Å². The lowest BCUT2D eigenvalue weighted by molar-refractivity contribution is 0.404. The number of nitrogens with one attached hydrogen (secondary N) is 1. The molecule has 0 saturated carbocycles. The SMILES string of the molecule is CCCNC(c1cc(C)ccn1)C(C)C. The van der Waals surface area contributed by atoms with Gasteiger partial charge in [0.2, 0.25) is 0 Å². The molecule has 2 heteroatoms. The van der Waals surface area contributed by atoms with Gasteiger partial charge < -0.3 is 5.32 Å². The minimum atomic E-state index is 0.379. The van der Waals surface area contributed by atoms with E-state index < -0.39 is 0 Å². The molecule has 0 saturated heterocycles. The van der Waals surface area contributed by atoms with Gasteiger partial charge in [-0.15, -0.1) is 0 Å². The second-order valence-corrected chi connectivity index (χ2v) is 4.43. The summed E-state index contributed by atoms with van der Waals surface area (Å²) in [6, 6.07) is 4.60. The number of hydrogen-bond donors (Lipinski definition) is 1. The maximum absolute atomic E-state index is 4.45. The Bertz CT molecular complexity index is 294. The minimum Gasteiger partial charge on any atom is -0.308 e. The highest BCUT2D eigenvalue weighted by Gasteiger charge is 2.15. The highest BCUT2D eigenvalue weighted by molar-refractivity contribution is 5.17. The molecule has 1 aromatic heterocycles. The third-order valence-electron chi connectivity index (χ3n) is 2.54. The van der Waals surface area contributed by atoms with Crippen molar-refractivity contribution in [3.05, 3.63) is 29.6 Å². The van der Waals surface area contributed by atoms with Crippen LogP contribution in [0.15, 0.2) is 18.3 Å². The topological polar surface area (TPSA) is 24.9 Å². The van der Waals surface area contributed by atoms with E-state index in [1.165, 1.54) is 11.3 Å². The van der Waals surface area contributed by atoms with E-state index in [1.807, 2.05) is 12.3 Å². The number of rotatable bonds is 5. The predicted molar refractivity (Wildman–Crippen MR) is 64.8 cm³/mol. The van der Waals surface area contributed by atoms with Crippen molar-refractivity contribution in [2.75, 3.05) is 6.54 Å². The molecule has 15 heavy (non-hydrogen) atoms. The van der Waals surface area contributed by atoms with Crippen LogP contribution in [0.4, 0.5) is 0 Å². The number of aromatic nitrogens is 1. The molecule has 84 valence electrons. The molecule has 1 rings (SSSR count). The normalized spacial score (nSPS) is 13.1. The molecule has 0 fully saturated rings. The zero-order valence-corrected chi connectivity index (χ0v) is 10.2. The highest BCUT2D eigenvalue weighted by atomic mass is 14.9. The van der Waals surface area contributed by atoms with E-state index in [0.717, 1.165) is 13.0 Å². The van der Waals surface area contributed by atoms with Crippen molar-refractivity contribution in [3.8, 4) is 0 Å². The molecule has 0 bridgehead atoms.